The molecule has 25 heavy (non-hydrogen) atoms. The maximum absolute atomic E-state index is 12.6. The Balaban J connectivity index is 1.95. The number of carbonyl (C=O) groups excluding carboxylic acids is 2. The van der Waals surface area contributed by atoms with Crippen molar-refractivity contribution in [2.75, 3.05) is 18.7 Å². The van der Waals surface area contributed by atoms with Crippen molar-refractivity contribution in [2.24, 2.45) is 5.41 Å². The molecule has 1 aliphatic heterocycles. The Kier molecular flexibility index (Phi) is 6.79. The van der Waals surface area contributed by atoms with Crippen molar-refractivity contribution in [1.82, 2.24) is 10.2 Å². The van der Waals surface area contributed by atoms with Crippen molar-refractivity contribution in [3.8, 4) is 5.75 Å². The summed E-state index contributed by atoms with van der Waals surface area (Å²) in [5.41, 5.74) is 0.889. The molecule has 1 unspecified atom stereocenters. The number of carbonyl (C=O) groups is 2. The van der Waals surface area contributed by atoms with E-state index in [1.54, 1.807) is 23.8 Å². The summed E-state index contributed by atoms with van der Waals surface area (Å²) in [5, 5.41) is 2.95. The van der Waals surface area contributed by atoms with Crippen LogP contribution in [0.15, 0.2) is 22.7 Å². The van der Waals surface area contributed by atoms with E-state index in [0.717, 1.165) is 15.8 Å². The lowest BCUT2D eigenvalue weighted by atomic mass is 9.91. The van der Waals surface area contributed by atoms with Crippen molar-refractivity contribution in [3.05, 3.63) is 28.2 Å². The number of thioether (sulfide) groups is 1. The summed E-state index contributed by atoms with van der Waals surface area (Å²) in [5.74, 6) is 1.93. The van der Waals surface area contributed by atoms with Crippen molar-refractivity contribution in [1.29, 1.82) is 0 Å². The third kappa shape index (κ3) is 5.64. The van der Waals surface area contributed by atoms with Crippen LogP contribution in [0.2, 0.25) is 0 Å². The van der Waals surface area contributed by atoms with Crippen molar-refractivity contribution < 1.29 is 14.3 Å². The van der Waals surface area contributed by atoms with Crippen LogP contribution >= 0.6 is 27.7 Å². The van der Waals surface area contributed by atoms with E-state index in [1.165, 1.54) is 0 Å². The van der Waals surface area contributed by atoms with Crippen LogP contribution in [0.5, 0.6) is 5.75 Å². The molecule has 2 amide bonds. The average molecular weight is 429 g/mol. The molecule has 0 spiro atoms. The van der Waals surface area contributed by atoms with Crippen LogP contribution in [0.4, 0.5) is 0 Å². The number of methoxy groups -OCH3 is 1. The quantitative estimate of drug-likeness (QED) is 0.780. The summed E-state index contributed by atoms with van der Waals surface area (Å²) in [6.45, 7) is 6.52. The molecule has 0 radical (unpaired) electrons. The standard InChI is InChI=1S/C18H25BrN2O3S/c1-18(2,3)8-16(22)21-11-25-10-14(21)17(23)20-9-12-5-6-15(24-4)13(19)7-12/h5-7,14H,8-11H2,1-4H3,(H,20,23). The fourth-order valence-electron chi connectivity index (χ4n) is 2.59. The van der Waals surface area contributed by atoms with Gasteiger partial charge in [0.1, 0.15) is 11.8 Å². The molecule has 1 atom stereocenters. The smallest absolute Gasteiger partial charge is 0.243 e. The average Bonchev–Trinajstić information content (AvgIpc) is 3.01. The maximum Gasteiger partial charge on any atom is 0.243 e. The van der Waals surface area contributed by atoms with E-state index >= 15 is 0 Å². The highest BCUT2D eigenvalue weighted by atomic mass is 79.9. The summed E-state index contributed by atoms with van der Waals surface area (Å²) < 4.78 is 6.05. The number of ether oxygens (including phenoxy) is 1. The molecule has 138 valence electrons. The monoisotopic (exact) mass is 428 g/mol. The molecular weight excluding hydrogens is 404 g/mol. The summed E-state index contributed by atoms with van der Waals surface area (Å²) in [6, 6.07) is 5.30. The van der Waals surface area contributed by atoms with Crippen LogP contribution in [0, 0.1) is 5.41 Å². The van der Waals surface area contributed by atoms with E-state index in [1.807, 2.05) is 39.0 Å². The van der Waals surface area contributed by atoms with Gasteiger partial charge in [0.15, 0.2) is 0 Å². The zero-order chi connectivity index (χ0) is 18.6. The number of hydrogen-bond donors (Lipinski definition) is 1. The molecule has 1 N–H and O–H groups in total. The van der Waals surface area contributed by atoms with Gasteiger partial charge in [0.05, 0.1) is 17.5 Å². The summed E-state index contributed by atoms with van der Waals surface area (Å²) in [7, 11) is 1.61. The van der Waals surface area contributed by atoms with Crippen LogP contribution in [0.25, 0.3) is 0 Å². The third-order valence-corrected chi connectivity index (χ3v) is 5.50. The maximum atomic E-state index is 12.6. The molecule has 5 nitrogen and oxygen atoms in total. The highest BCUT2D eigenvalue weighted by Crippen LogP contribution is 2.27. The van der Waals surface area contributed by atoms with E-state index < -0.39 is 0 Å². The van der Waals surface area contributed by atoms with Gasteiger partial charge in [-0.25, -0.2) is 0 Å². The van der Waals surface area contributed by atoms with Crippen LogP contribution in [0.3, 0.4) is 0 Å². The third-order valence-electron chi connectivity index (χ3n) is 3.87. The fraction of sp³-hybridized carbons (Fsp3) is 0.556. The van der Waals surface area contributed by atoms with Gasteiger partial charge in [-0.3, -0.25) is 9.59 Å². The van der Waals surface area contributed by atoms with E-state index in [2.05, 4.69) is 21.2 Å². The van der Waals surface area contributed by atoms with Crippen molar-refractivity contribution in [2.45, 2.75) is 39.8 Å². The van der Waals surface area contributed by atoms with Crippen molar-refractivity contribution >= 4 is 39.5 Å². The van der Waals surface area contributed by atoms with Crippen molar-refractivity contribution in [3.63, 3.8) is 0 Å². The zero-order valence-corrected chi connectivity index (χ0v) is 17.5. The first kappa shape index (κ1) is 20.1. The van der Waals surface area contributed by atoms with Gasteiger partial charge in [0.25, 0.3) is 0 Å². The minimum atomic E-state index is -0.387. The zero-order valence-electron chi connectivity index (χ0n) is 15.1. The minimum Gasteiger partial charge on any atom is -0.496 e. The number of amides is 2. The number of hydrogen-bond acceptors (Lipinski definition) is 4. The molecule has 1 fully saturated rings. The molecule has 1 aromatic carbocycles. The molecule has 1 heterocycles. The van der Waals surface area contributed by atoms with Gasteiger partial charge in [-0.15, -0.1) is 11.8 Å². The second-order valence-corrected chi connectivity index (χ2v) is 9.16. The van der Waals surface area contributed by atoms with Gasteiger partial charge in [-0.2, -0.15) is 0 Å². The second kappa shape index (κ2) is 8.45. The Hall–Kier alpha value is -1.21. The van der Waals surface area contributed by atoms with E-state index in [9.17, 15) is 9.59 Å². The fourth-order valence-corrected chi connectivity index (χ4v) is 4.36. The summed E-state index contributed by atoms with van der Waals surface area (Å²) >= 11 is 5.07. The highest BCUT2D eigenvalue weighted by Gasteiger charge is 2.35. The summed E-state index contributed by atoms with van der Waals surface area (Å²) in [6.07, 6.45) is 0.447. The molecule has 0 bridgehead atoms. The molecule has 7 heteroatoms. The number of nitrogens with zero attached hydrogens (tertiary/aromatic N) is 1. The molecule has 1 aliphatic rings. The van der Waals surface area contributed by atoms with Crippen LogP contribution in [-0.4, -0.2) is 41.5 Å². The topological polar surface area (TPSA) is 58.6 Å². The Bertz CT molecular complexity index is 646. The lowest BCUT2D eigenvalue weighted by Gasteiger charge is -2.26. The largest absolute Gasteiger partial charge is 0.496 e. The van der Waals surface area contributed by atoms with E-state index in [-0.39, 0.29) is 23.3 Å². The second-order valence-electron chi connectivity index (χ2n) is 7.30. The minimum absolute atomic E-state index is 0.0461. The Morgan fingerprint density at radius 1 is 1.40 bits per heavy atom. The van der Waals surface area contributed by atoms with Gasteiger partial charge in [0, 0.05) is 18.7 Å². The molecule has 1 saturated heterocycles. The lowest BCUT2D eigenvalue weighted by Crippen LogP contribution is -2.47. The number of nitrogens with one attached hydrogen (secondary N) is 1. The highest BCUT2D eigenvalue weighted by molar-refractivity contribution is 9.10. The Morgan fingerprint density at radius 2 is 2.12 bits per heavy atom. The first-order valence-electron chi connectivity index (χ1n) is 8.18. The van der Waals surface area contributed by atoms with Gasteiger partial charge in [-0.05, 0) is 39.0 Å². The Labute approximate surface area is 162 Å². The van der Waals surface area contributed by atoms with Gasteiger partial charge < -0.3 is 15.0 Å². The first-order chi connectivity index (χ1) is 11.7. The van der Waals surface area contributed by atoms with Gasteiger partial charge >= 0.3 is 0 Å². The first-order valence-corrected chi connectivity index (χ1v) is 10.1. The molecule has 0 aliphatic carbocycles. The molecule has 1 aromatic rings. The molecule has 0 aromatic heterocycles. The summed E-state index contributed by atoms with van der Waals surface area (Å²) in [4.78, 5) is 26.7. The van der Waals surface area contributed by atoms with Crippen LogP contribution in [-0.2, 0) is 16.1 Å². The molecule has 0 saturated carbocycles. The number of halogens is 1. The molecular formula is C18H25BrN2O3S. The van der Waals surface area contributed by atoms with E-state index in [0.29, 0.717) is 24.6 Å². The molecule has 2 rings (SSSR count). The van der Waals surface area contributed by atoms with E-state index in [4.69, 9.17) is 4.74 Å². The Morgan fingerprint density at radius 3 is 2.72 bits per heavy atom. The van der Waals surface area contributed by atoms with Gasteiger partial charge in [-0.1, -0.05) is 26.8 Å². The number of benzene rings is 1. The lowest BCUT2D eigenvalue weighted by molar-refractivity contribution is -0.139. The SMILES string of the molecule is COc1ccc(CNC(=O)C2CSCN2C(=O)CC(C)(C)C)cc1Br. The number of rotatable bonds is 5. The predicted octanol–water partition coefficient (Wildman–Crippen LogP) is 3.41. The van der Waals surface area contributed by atoms with Gasteiger partial charge in [0.2, 0.25) is 11.8 Å². The normalized spacial score (nSPS) is 17.5. The van der Waals surface area contributed by atoms with Crippen LogP contribution in [0.1, 0.15) is 32.8 Å². The predicted molar refractivity (Wildman–Crippen MR) is 105 cm³/mol. The van der Waals surface area contributed by atoms with Crippen LogP contribution < -0.4 is 10.1 Å².